The minimum atomic E-state index is -0.0769. The van der Waals surface area contributed by atoms with E-state index in [2.05, 4.69) is 15.2 Å². The second-order valence-electron chi connectivity index (χ2n) is 6.20. The van der Waals surface area contributed by atoms with Gasteiger partial charge < -0.3 is 14.4 Å². The summed E-state index contributed by atoms with van der Waals surface area (Å²) in [6.07, 6.45) is 3.17. The molecule has 0 aliphatic carbocycles. The zero-order valence-corrected chi connectivity index (χ0v) is 14.9. The maximum atomic E-state index is 13.0. The molecular weight excluding hydrogens is 320 g/mol. The van der Waals surface area contributed by atoms with Crippen molar-refractivity contribution in [2.45, 2.75) is 38.6 Å². The molecule has 2 heterocycles. The van der Waals surface area contributed by atoms with Gasteiger partial charge in [-0.25, -0.2) is 4.98 Å². The van der Waals surface area contributed by atoms with Crippen LogP contribution in [0.3, 0.4) is 0 Å². The van der Waals surface area contributed by atoms with Crippen molar-refractivity contribution in [3.8, 4) is 11.5 Å². The lowest BCUT2D eigenvalue weighted by Crippen LogP contribution is -2.40. The zero-order valence-electron chi connectivity index (χ0n) is 14.9. The highest BCUT2D eigenvalue weighted by Crippen LogP contribution is 2.33. The highest BCUT2D eigenvalue weighted by molar-refractivity contribution is 5.81. The lowest BCUT2D eigenvalue weighted by molar-refractivity contribution is -0.134. The van der Waals surface area contributed by atoms with Gasteiger partial charge in [0.1, 0.15) is 17.3 Å². The van der Waals surface area contributed by atoms with E-state index in [9.17, 15) is 4.79 Å². The van der Waals surface area contributed by atoms with Crippen LogP contribution in [0.5, 0.6) is 11.5 Å². The monoisotopic (exact) mass is 344 g/mol. The SMILES string of the molecule is COc1cccc(OC)c1CC(=O)N1CCCC[C@H]1c1n[nH]c(C)n1. The van der Waals surface area contributed by atoms with Crippen LogP contribution in [0, 0.1) is 6.92 Å². The first-order valence-corrected chi connectivity index (χ1v) is 8.52. The van der Waals surface area contributed by atoms with Crippen molar-refractivity contribution in [2.24, 2.45) is 0 Å². The van der Waals surface area contributed by atoms with Gasteiger partial charge in [-0.1, -0.05) is 6.07 Å². The molecular formula is C18H24N4O3. The molecule has 7 nitrogen and oxygen atoms in total. The number of aromatic amines is 1. The van der Waals surface area contributed by atoms with Crippen molar-refractivity contribution in [1.82, 2.24) is 20.1 Å². The van der Waals surface area contributed by atoms with E-state index in [4.69, 9.17) is 9.47 Å². The molecule has 0 unspecified atom stereocenters. The number of amides is 1. The van der Waals surface area contributed by atoms with Gasteiger partial charge >= 0.3 is 0 Å². The van der Waals surface area contributed by atoms with Crippen molar-refractivity contribution in [1.29, 1.82) is 0 Å². The van der Waals surface area contributed by atoms with E-state index in [0.29, 0.717) is 23.9 Å². The first kappa shape index (κ1) is 17.3. The van der Waals surface area contributed by atoms with E-state index >= 15 is 0 Å². The topological polar surface area (TPSA) is 80.3 Å². The van der Waals surface area contributed by atoms with Crippen molar-refractivity contribution in [3.05, 3.63) is 35.4 Å². The number of rotatable bonds is 5. The second kappa shape index (κ2) is 7.55. The quantitative estimate of drug-likeness (QED) is 0.901. The second-order valence-corrected chi connectivity index (χ2v) is 6.20. The molecule has 0 radical (unpaired) electrons. The Morgan fingerprint density at radius 3 is 2.60 bits per heavy atom. The fraction of sp³-hybridized carbons (Fsp3) is 0.500. The maximum absolute atomic E-state index is 13.0. The number of nitrogens with zero attached hydrogens (tertiary/aromatic N) is 3. The number of piperidine rings is 1. The average molecular weight is 344 g/mol. The summed E-state index contributed by atoms with van der Waals surface area (Å²) < 4.78 is 10.8. The number of carbonyl (C=O) groups is 1. The number of aromatic nitrogens is 3. The maximum Gasteiger partial charge on any atom is 0.227 e. The van der Waals surface area contributed by atoms with Crippen LogP contribution >= 0.6 is 0 Å². The summed E-state index contributed by atoms with van der Waals surface area (Å²) in [7, 11) is 3.20. The van der Waals surface area contributed by atoms with Gasteiger partial charge in [0, 0.05) is 12.1 Å². The average Bonchev–Trinajstić information content (AvgIpc) is 3.08. The normalized spacial score (nSPS) is 17.4. The van der Waals surface area contributed by atoms with Gasteiger partial charge in [0.15, 0.2) is 5.82 Å². The summed E-state index contributed by atoms with van der Waals surface area (Å²) in [6.45, 7) is 2.58. The Labute approximate surface area is 147 Å². The van der Waals surface area contributed by atoms with Crippen molar-refractivity contribution in [3.63, 3.8) is 0 Å². The molecule has 2 aromatic rings. The lowest BCUT2D eigenvalue weighted by Gasteiger charge is -2.34. The van der Waals surface area contributed by atoms with Crippen LogP contribution in [0.4, 0.5) is 0 Å². The van der Waals surface area contributed by atoms with Crippen LogP contribution < -0.4 is 9.47 Å². The van der Waals surface area contributed by atoms with Gasteiger partial charge in [0.05, 0.1) is 26.7 Å². The number of methoxy groups -OCH3 is 2. The molecule has 1 saturated heterocycles. The molecule has 0 bridgehead atoms. The molecule has 3 rings (SSSR count). The molecule has 1 aromatic heterocycles. The molecule has 1 aromatic carbocycles. The molecule has 1 fully saturated rings. The first-order valence-electron chi connectivity index (χ1n) is 8.52. The third-order valence-electron chi connectivity index (χ3n) is 4.59. The predicted molar refractivity (Wildman–Crippen MR) is 92.7 cm³/mol. The summed E-state index contributed by atoms with van der Waals surface area (Å²) >= 11 is 0. The Bertz CT molecular complexity index is 721. The molecule has 0 saturated carbocycles. The zero-order chi connectivity index (χ0) is 17.8. The summed E-state index contributed by atoms with van der Waals surface area (Å²) in [6, 6.07) is 5.47. The van der Waals surface area contributed by atoms with E-state index in [1.165, 1.54) is 0 Å². The fourth-order valence-corrected chi connectivity index (χ4v) is 3.36. The van der Waals surface area contributed by atoms with E-state index in [1.807, 2.05) is 30.0 Å². The smallest absolute Gasteiger partial charge is 0.227 e. The number of likely N-dealkylation sites (tertiary alicyclic amines) is 1. The minimum Gasteiger partial charge on any atom is -0.496 e. The molecule has 25 heavy (non-hydrogen) atoms. The van der Waals surface area contributed by atoms with Crippen LogP contribution in [0.2, 0.25) is 0 Å². The molecule has 1 aliphatic rings. The number of hydrogen-bond donors (Lipinski definition) is 1. The number of aryl methyl sites for hydroxylation is 1. The highest BCUT2D eigenvalue weighted by atomic mass is 16.5. The Kier molecular flexibility index (Phi) is 5.21. The van der Waals surface area contributed by atoms with Crippen molar-refractivity contribution in [2.75, 3.05) is 20.8 Å². The number of H-pyrrole nitrogens is 1. The molecule has 7 heteroatoms. The largest absolute Gasteiger partial charge is 0.496 e. The third kappa shape index (κ3) is 3.60. The van der Waals surface area contributed by atoms with E-state index in [-0.39, 0.29) is 18.4 Å². The van der Waals surface area contributed by atoms with Crippen molar-refractivity contribution < 1.29 is 14.3 Å². The van der Waals surface area contributed by atoms with Gasteiger partial charge in [-0.2, -0.15) is 5.10 Å². The van der Waals surface area contributed by atoms with E-state index in [1.54, 1.807) is 14.2 Å². The van der Waals surface area contributed by atoms with Crippen molar-refractivity contribution >= 4 is 5.91 Å². The first-order chi connectivity index (χ1) is 12.1. The standard InChI is InChI=1S/C18H24N4O3/c1-12-19-18(21-20-12)14-7-4-5-10-22(14)17(23)11-13-15(24-2)8-6-9-16(13)25-3/h6,8-9,14H,4-5,7,10-11H2,1-3H3,(H,19,20,21)/t14-/m0/s1. The van der Waals surface area contributed by atoms with Crippen LogP contribution in [0.25, 0.3) is 0 Å². The highest BCUT2D eigenvalue weighted by Gasteiger charge is 2.31. The van der Waals surface area contributed by atoms with Gasteiger partial charge in [0.2, 0.25) is 5.91 Å². The lowest BCUT2D eigenvalue weighted by atomic mass is 9.99. The molecule has 1 N–H and O–H groups in total. The number of carbonyl (C=O) groups excluding carboxylic acids is 1. The van der Waals surface area contributed by atoms with Crippen LogP contribution in [0.15, 0.2) is 18.2 Å². The molecule has 0 spiro atoms. The van der Waals surface area contributed by atoms with E-state index < -0.39 is 0 Å². The number of nitrogens with one attached hydrogen (secondary N) is 1. The summed E-state index contributed by atoms with van der Waals surface area (Å²) in [4.78, 5) is 19.4. The fourth-order valence-electron chi connectivity index (χ4n) is 3.36. The molecule has 1 amide bonds. The van der Waals surface area contributed by atoms with Gasteiger partial charge in [-0.3, -0.25) is 9.89 Å². The number of benzene rings is 1. The third-order valence-corrected chi connectivity index (χ3v) is 4.59. The van der Waals surface area contributed by atoms with Gasteiger partial charge in [-0.05, 0) is 38.3 Å². The molecule has 1 aliphatic heterocycles. The predicted octanol–water partition coefficient (Wildman–Crippen LogP) is 2.43. The molecule has 134 valence electrons. The van der Waals surface area contributed by atoms with Crippen LogP contribution in [-0.4, -0.2) is 46.8 Å². The Morgan fingerprint density at radius 1 is 1.28 bits per heavy atom. The van der Waals surface area contributed by atoms with Crippen LogP contribution in [0.1, 0.15) is 42.5 Å². The van der Waals surface area contributed by atoms with Gasteiger partial charge in [-0.15, -0.1) is 0 Å². The number of hydrogen-bond acceptors (Lipinski definition) is 5. The summed E-state index contributed by atoms with van der Waals surface area (Å²) in [5.74, 6) is 2.82. The minimum absolute atomic E-state index is 0.0370. The Balaban J connectivity index is 1.84. The Morgan fingerprint density at radius 2 is 2.00 bits per heavy atom. The summed E-state index contributed by atoms with van der Waals surface area (Å²) in [5.41, 5.74) is 0.771. The summed E-state index contributed by atoms with van der Waals surface area (Å²) in [5, 5.41) is 7.14. The van der Waals surface area contributed by atoms with E-state index in [0.717, 1.165) is 30.7 Å². The van der Waals surface area contributed by atoms with Gasteiger partial charge in [0.25, 0.3) is 0 Å². The Hall–Kier alpha value is -2.57. The van der Waals surface area contributed by atoms with Crippen LogP contribution in [-0.2, 0) is 11.2 Å². The molecule has 1 atom stereocenters. The number of ether oxygens (including phenoxy) is 2.